The highest BCUT2D eigenvalue weighted by Crippen LogP contribution is 2.20. The van der Waals surface area contributed by atoms with Crippen LogP contribution in [0, 0.1) is 5.41 Å². The van der Waals surface area contributed by atoms with Crippen LogP contribution in [-0.2, 0) is 0 Å². The predicted octanol–water partition coefficient (Wildman–Crippen LogP) is 6.48. The Hall–Kier alpha value is -0.120. The maximum atomic E-state index is 8.57. The first kappa shape index (κ1) is 30.6. The average Bonchev–Trinajstić information content (AvgIpc) is 2.53. The van der Waals surface area contributed by atoms with Crippen LogP contribution in [0.25, 0.3) is 0 Å². The fourth-order valence-corrected chi connectivity index (χ4v) is 2.37. The molecule has 0 aliphatic carbocycles. The van der Waals surface area contributed by atoms with Gasteiger partial charge in [-0.3, -0.25) is 0 Å². The SMILES string of the molecule is CC(C)(C)CCCCO.CC(C)O.CCCCCCCCCCCCO. The van der Waals surface area contributed by atoms with Crippen LogP contribution >= 0.6 is 0 Å². The molecule has 0 bridgehead atoms. The Bertz CT molecular complexity index is 209. The highest BCUT2D eigenvalue weighted by atomic mass is 16.3. The summed E-state index contributed by atoms with van der Waals surface area (Å²) in [6, 6.07) is 0. The molecule has 0 rings (SSSR count). The molecule has 0 unspecified atom stereocenters. The fourth-order valence-electron chi connectivity index (χ4n) is 2.37. The molecule has 3 nitrogen and oxygen atoms in total. The van der Waals surface area contributed by atoms with E-state index >= 15 is 0 Å². The molecule has 0 aromatic rings. The fraction of sp³-hybridized carbons (Fsp3) is 1.00. The summed E-state index contributed by atoms with van der Waals surface area (Å²) in [5, 5.41) is 25.1. The van der Waals surface area contributed by atoms with Crippen LogP contribution in [-0.4, -0.2) is 34.6 Å². The lowest BCUT2D eigenvalue weighted by Gasteiger charge is -2.16. The molecule has 0 saturated carbocycles. The molecule has 0 spiro atoms. The average molecular weight is 377 g/mol. The van der Waals surface area contributed by atoms with E-state index in [1.165, 1.54) is 64.2 Å². The van der Waals surface area contributed by atoms with Crippen molar-refractivity contribution in [2.24, 2.45) is 5.41 Å². The zero-order chi connectivity index (χ0) is 20.7. The van der Waals surface area contributed by atoms with Gasteiger partial charge in [0.25, 0.3) is 0 Å². The van der Waals surface area contributed by atoms with Crippen molar-refractivity contribution in [2.45, 2.75) is 131 Å². The van der Waals surface area contributed by atoms with Gasteiger partial charge in [-0.05, 0) is 38.5 Å². The lowest BCUT2D eigenvalue weighted by atomic mass is 9.90. The Morgan fingerprint density at radius 3 is 1.23 bits per heavy atom. The van der Waals surface area contributed by atoms with E-state index in [1.54, 1.807) is 13.8 Å². The van der Waals surface area contributed by atoms with Gasteiger partial charge in [-0.25, -0.2) is 0 Å². The van der Waals surface area contributed by atoms with E-state index in [1.807, 2.05) is 0 Å². The minimum Gasteiger partial charge on any atom is -0.396 e. The molecule has 0 fully saturated rings. The molecule has 0 aliphatic rings. The third-order valence-corrected chi connectivity index (χ3v) is 3.85. The summed E-state index contributed by atoms with van der Waals surface area (Å²) < 4.78 is 0. The van der Waals surface area contributed by atoms with Crippen molar-refractivity contribution in [2.75, 3.05) is 13.2 Å². The molecule has 3 N–H and O–H groups in total. The molecule has 162 valence electrons. The van der Waals surface area contributed by atoms with Gasteiger partial charge in [-0.2, -0.15) is 0 Å². The van der Waals surface area contributed by atoms with Crippen LogP contribution in [0.2, 0.25) is 0 Å². The van der Waals surface area contributed by atoms with Crippen LogP contribution < -0.4 is 0 Å². The van der Waals surface area contributed by atoms with Crippen LogP contribution in [0.15, 0.2) is 0 Å². The normalized spacial score (nSPS) is 10.8. The molecular formula is C23H52O3. The molecule has 0 aromatic carbocycles. The van der Waals surface area contributed by atoms with E-state index in [0.717, 1.165) is 19.3 Å². The first-order chi connectivity index (χ1) is 12.2. The summed E-state index contributed by atoms with van der Waals surface area (Å²) in [6.07, 6.45) is 16.5. The van der Waals surface area contributed by atoms with Crippen LogP contribution in [0.4, 0.5) is 0 Å². The van der Waals surface area contributed by atoms with Gasteiger partial charge in [-0.15, -0.1) is 0 Å². The van der Waals surface area contributed by atoms with Gasteiger partial charge in [0.1, 0.15) is 0 Å². The van der Waals surface area contributed by atoms with Crippen molar-refractivity contribution in [1.82, 2.24) is 0 Å². The quantitative estimate of drug-likeness (QED) is 0.322. The Morgan fingerprint density at radius 1 is 0.615 bits per heavy atom. The van der Waals surface area contributed by atoms with E-state index in [4.69, 9.17) is 15.3 Å². The molecule has 3 heteroatoms. The summed E-state index contributed by atoms with van der Waals surface area (Å²) in [5.74, 6) is 0. The molecule has 26 heavy (non-hydrogen) atoms. The maximum Gasteiger partial charge on any atom is 0.0483 e. The van der Waals surface area contributed by atoms with Crippen LogP contribution in [0.5, 0.6) is 0 Å². The van der Waals surface area contributed by atoms with Crippen molar-refractivity contribution in [3.8, 4) is 0 Å². The van der Waals surface area contributed by atoms with Crippen molar-refractivity contribution in [3.63, 3.8) is 0 Å². The van der Waals surface area contributed by atoms with Gasteiger partial charge >= 0.3 is 0 Å². The van der Waals surface area contributed by atoms with Gasteiger partial charge < -0.3 is 15.3 Å². The second-order valence-electron chi connectivity index (χ2n) is 8.74. The number of hydrogen-bond acceptors (Lipinski definition) is 3. The van der Waals surface area contributed by atoms with E-state index in [2.05, 4.69) is 27.7 Å². The molecule has 0 atom stereocenters. The minimum absolute atomic E-state index is 0.167. The summed E-state index contributed by atoms with van der Waals surface area (Å²) in [6.45, 7) is 13.1. The molecular weight excluding hydrogens is 324 g/mol. The number of rotatable bonds is 13. The van der Waals surface area contributed by atoms with Crippen LogP contribution in [0.3, 0.4) is 0 Å². The second-order valence-corrected chi connectivity index (χ2v) is 8.74. The largest absolute Gasteiger partial charge is 0.396 e. The number of unbranched alkanes of at least 4 members (excludes halogenated alkanes) is 10. The zero-order valence-electron chi connectivity index (χ0n) is 19.0. The van der Waals surface area contributed by atoms with Gasteiger partial charge in [0.05, 0.1) is 0 Å². The molecule has 0 amide bonds. The summed E-state index contributed by atoms with van der Waals surface area (Å²) in [7, 11) is 0. The van der Waals surface area contributed by atoms with Gasteiger partial charge in [0.2, 0.25) is 0 Å². The summed E-state index contributed by atoms with van der Waals surface area (Å²) in [4.78, 5) is 0. The minimum atomic E-state index is -0.167. The first-order valence-corrected chi connectivity index (χ1v) is 11.1. The van der Waals surface area contributed by atoms with E-state index in [9.17, 15) is 0 Å². The summed E-state index contributed by atoms with van der Waals surface area (Å²) in [5.41, 5.74) is 0.440. The Balaban J connectivity index is -0.000000352. The third-order valence-electron chi connectivity index (χ3n) is 3.85. The van der Waals surface area contributed by atoms with Crippen molar-refractivity contribution in [3.05, 3.63) is 0 Å². The van der Waals surface area contributed by atoms with E-state index in [-0.39, 0.29) is 6.10 Å². The van der Waals surface area contributed by atoms with Gasteiger partial charge in [-0.1, -0.05) is 91.9 Å². The topological polar surface area (TPSA) is 60.7 Å². The highest BCUT2D eigenvalue weighted by molar-refractivity contribution is 4.60. The lowest BCUT2D eigenvalue weighted by Crippen LogP contribution is -2.04. The number of aliphatic hydroxyl groups is 3. The molecule has 0 aromatic heterocycles. The van der Waals surface area contributed by atoms with Crippen molar-refractivity contribution < 1.29 is 15.3 Å². The first-order valence-electron chi connectivity index (χ1n) is 11.1. The van der Waals surface area contributed by atoms with Gasteiger partial charge in [0.15, 0.2) is 0 Å². The number of hydrogen-bond donors (Lipinski definition) is 3. The summed E-state index contributed by atoms with van der Waals surface area (Å²) >= 11 is 0. The number of aliphatic hydroxyl groups excluding tert-OH is 3. The van der Waals surface area contributed by atoms with Gasteiger partial charge in [0, 0.05) is 19.3 Å². The van der Waals surface area contributed by atoms with Crippen molar-refractivity contribution in [1.29, 1.82) is 0 Å². The Labute approximate surface area is 165 Å². The smallest absolute Gasteiger partial charge is 0.0483 e. The van der Waals surface area contributed by atoms with E-state index in [0.29, 0.717) is 18.6 Å². The molecule has 0 heterocycles. The van der Waals surface area contributed by atoms with Crippen molar-refractivity contribution >= 4 is 0 Å². The monoisotopic (exact) mass is 376 g/mol. The molecule has 0 aliphatic heterocycles. The molecule has 0 radical (unpaired) electrons. The molecule has 0 saturated heterocycles. The third kappa shape index (κ3) is 49.6. The Morgan fingerprint density at radius 2 is 0.923 bits per heavy atom. The second kappa shape index (κ2) is 24.9. The highest BCUT2D eigenvalue weighted by Gasteiger charge is 2.07. The lowest BCUT2D eigenvalue weighted by molar-refractivity contribution is 0.216. The van der Waals surface area contributed by atoms with Crippen LogP contribution in [0.1, 0.15) is 125 Å². The predicted molar refractivity (Wildman–Crippen MR) is 117 cm³/mol. The standard InChI is InChI=1S/C12H26O.C8H18O.C3H8O/c1-2-3-4-5-6-7-8-9-10-11-12-13;1-8(2,3)6-4-5-7-9;1-3(2)4/h13H,2-12H2,1H3;9H,4-7H2,1-3H3;3-4H,1-2H3. The van der Waals surface area contributed by atoms with E-state index < -0.39 is 0 Å². The maximum absolute atomic E-state index is 8.57. The Kier molecular flexibility index (Phi) is 29.3. The zero-order valence-corrected chi connectivity index (χ0v) is 19.0.